The molecule has 0 radical (unpaired) electrons. The maximum absolute atomic E-state index is 11.9. The van der Waals surface area contributed by atoms with Gasteiger partial charge >= 0.3 is 0 Å². The second kappa shape index (κ2) is 11.0. The van der Waals surface area contributed by atoms with Crippen LogP contribution in [-0.4, -0.2) is 66.0 Å². The number of guanidine groups is 1. The van der Waals surface area contributed by atoms with Crippen molar-refractivity contribution in [1.82, 2.24) is 20.2 Å². The number of carbonyl (C=O) groups excluding carboxylic acids is 1. The van der Waals surface area contributed by atoms with E-state index in [1.165, 1.54) is 18.6 Å². The molecule has 0 spiro atoms. The average molecular weight is 516 g/mol. The van der Waals surface area contributed by atoms with Gasteiger partial charge in [0.25, 0.3) is 5.91 Å². The van der Waals surface area contributed by atoms with Gasteiger partial charge in [0.15, 0.2) is 5.96 Å². The number of piperazine rings is 1. The highest BCUT2D eigenvalue weighted by Crippen LogP contribution is 2.19. The minimum absolute atomic E-state index is 0. The lowest BCUT2D eigenvalue weighted by atomic mass is 10.2. The molecule has 8 nitrogen and oxygen atoms in total. The minimum Gasteiger partial charge on any atom is -0.370 e. The predicted molar refractivity (Wildman–Crippen MR) is 122 cm³/mol. The van der Waals surface area contributed by atoms with E-state index in [9.17, 15) is 4.79 Å². The number of aliphatic imine (C=N–C) groups is 1. The zero-order valence-corrected chi connectivity index (χ0v) is 18.4. The molecule has 150 valence electrons. The lowest BCUT2D eigenvalue weighted by Crippen LogP contribution is -2.51. The molecule has 2 heterocycles. The van der Waals surface area contributed by atoms with Crippen LogP contribution in [0.3, 0.4) is 0 Å². The van der Waals surface area contributed by atoms with Gasteiger partial charge in [-0.1, -0.05) is 11.6 Å². The first-order valence-corrected chi connectivity index (χ1v) is 9.11. The molecule has 1 saturated heterocycles. The molecule has 1 amide bonds. The van der Waals surface area contributed by atoms with Crippen molar-refractivity contribution in [2.45, 2.75) is 0 Å². The minimum atomic E-state index is -0.270. The molecule has 3 rings (SSSR count). The highest BCUT2D eigenvalue weighted by atomic mass is 127. The quantitative estimate of drug-likeness (QED) is 0.272. The van der Waals surface area contributed by atoms with E-state index in [2.05, 4.69) is 30.1 Å². The first kappa shape index (κ1) is 22.2. The number of nitrogens with zero attached hydrogens (tertiary/aromatic N) is 5. The van der Waals surface area contributed by atoms with E-state index in [0.29, 0.717) is 19.0 Å². The van der Waals surface area contributed by atoms with Crippen molar-refractivity contribution in [1.29, 1.82) is 0 Å². The van der Waals surface area contributed by atoms with Gasteiger partial charge in [-0.2, -0.15) is 0 Å². The van der Waals surface area contributed by atoms with Crippen LogP contribution in [0.1, 0.15) is 10.5 Å². The summed E-state index contributed by atoms with van der Waals surface area (Å²) >= 11 is 5.94. The lowest BCUT2D eigenvalue weighted by molar-refractivity contribution is 0.0949. The van der Waals surface area contributed by atoms with Crippen LogP contribution in [-0.2, 0) is 0 Å². The number of hydrogen-bond donors (Lipinski definition) is 2. The zero-order chi connectivity index (χ0) is 19.1. The Morgan fingerprint density at radius 3 is 2.54 bits per heavy atom. The Morgan fingerprint density at radius 2 is 1.89 bits per heavy atom. The van der Waals surface area contributed by atoms with Crippen molar-refractivity contribution < 1.29 is 4.79 Å². The van der Waals surface area contributed by atoms with Gasteiger partial charge in [0, 0.05) is 55.8 Å². The van der Waals surface area contributed by atoms with Crippen molar-refractivity contribution >= 4 is 53.1 Å². The fourth-order valence-corrected chi connectivity index (χ4v) is 2.92. The number of amides is 1. The van der Waals surface area contributed by atoms with Crippen LogP contribution in [0.2, 0.25) is 5.02 Å². The molecule has 1 aromatic heterocycles. The molecule has 0 atom stereocenters. The Kier molecular flexibility index (Phi) is 8.71. The molecule has 3 N–H and O–H groups in total. The van der Waals surface area contributed by atoms with Crippen molar-refractivity contribution in [2.24, 2.45) is 10.7 Å². The number of carbonyl (C=O) groups is 1. The fraction of sp³-hybridized carbons (Fsp3) is 0.333. The Morgan fingerprint density at radius 1 is 1.18 bits per heavy atom. The van der Waals surface area contributed by atoms with Crippen LogP contribution >= 0.6 is 35.6 Å². The molecule has 1 fully saturated rings. The third-order valence-corrected chi connectivity index (χ3v) is 4.51. The van der Waals surface area contributed by atoms with Gasteiger partial charge in [0.05, 0.1) is 12.7 Å². The summed E-state index contributed by atoms with van der Waals surface area (Å²) in [5, 5.41) is 3.48. The van der Waals surface area contributed by atoms with E-state index >= 15 is 0 Å². The highest BCUT2D eigenvalue weighted by molar-refractivity contribution is 14.0. The van der Waals surface area contributed by atoms with Crippen LogP contribution < -0.4 is 16.0 Å². The smallest absolute Gasteiger partial charge is 0.271 e. The van der Waals surface area contributed by atoms with Gasteiger partial charge in [0.1, 0.15) is 5.69 Å². The number of nitrogens with two attached hydrogens (primary N) is 1. The molecular weight excluding hydrogens is 493 g/mol. The number of aromatic nitrogens is 2. The van der Waals surface area contributed by atoms with E-state index in [-0.39, 0.29) is 35.6 Å². The van der Waals surface area contributed by atoms with Crippen LogP contribution in [0.4, 0.5) is 5.69 Å². The maximum Gasteiger partial charge on any atom is 0.271 e. The summed E-state index contributed by atoms with van der Waals surface area (Å²) in [6.45, 7) is 4.12. The van der Waals surface area contributed by atoms with Gasteiger partial charge in [-0.25, -0.2) is 4.98 Å². The van der Waals surface area contributed by atoms with E-state index in [0.717, 1.165) is 36.9 Å². The standard InChI is InChI=1S/C18H22ClN7O.HI/c19-14-1-3-15(4-2-14)25-9-11-26(12-10-25)18(20)24-8-7-23-17(27)16-13-21-5-6-22-16;/h1-6,13H,7-12H2,(H2,20,24)(H,23,27);1H. The lowest BCUT2D eigenvalue weighted by Gasteiger charge is -2.36. The largest absolute Gasteiger partial charge is 0.370 e. The summed E-state index contributed by atoms with van der Waals surface area (Å²) in [6.07, 6.45) is 4.43. The molecule has 10 heteroatoms. The third kappa shape index (κ3) is 6.20. The first-order valence-electron chi connectivity index (χ1n) is 8.73. The number of rotatable bonds is 5. The highest BCUT2D eigenvalue weighted by Gasteiger charge is 2.18. The van der Waals surface area contributed by atoms with Crippen molar-refractivity contribution in [3.63, 3.8) is 0 Å². The van der Waals surface area contributed by atoms with Gasteiger partial charge in [0.2, 0.25) is 0 Å². The van der Waals surface area contributed by atoms with Gasteiger partial charge in [-0.05, 0) is 24.3 Å². The molecule has 1 aromatic carbocycles. The third-order valence-electron chi connectivity index (χ3n) is 4.26. The predicted octanol–water partition coefficient (Wildman–Crippen LogP) is 1.61. The molecule has 28 heavy (non-hydrogen) atoms. The van der Waals surface area contributed by atoms with Gasteiger partial charge in [-0.3, -0.25) is 14.8 Å². The molecule has 2 aromatic rings. The topological polar surface area (TPSA) is 99.7 Å². The Hall–Kier alpha value is -2.14. The number of benzene rings is 1. The molecule has 0 aliphatic carbocycles. The molecule has 0 bridgehead atoms. The normalized spacial score (nSPS) is 14.4. The number of anilines is 1. The van der Waals surface area contributed by atoms with Crippen LogP contribution in [0.5, 0.6) is 0 Å². The number of nitrogens with one attached hydrogen (secondary N) is 1. The van der Waals surface area contributed by atoms with Crippen LogP contribution in [0.15, 0.2) is 47.8 Å². The zero-order valence-electron chi connectivity index (χ0n) is 15.3. The summed E-state index contributed by atoms with van der Waals surface area (Å²) in [5.41, 5.74) is 7.52. The maximum atomic E-state index is 11.9. The van der Waals surface area contributed by atoms with Crippen molar-refractivity contribution in [3.05, 3.63) is 53.6 Å². The average Bonchev–Trinajstić information content (AvgIpc) is 2.72. The Labute approximate surface area is 186 Å². The molecule has 0 unspecified atom stereocenters. The molecule has 0 saturated carbocycles. The van der Waals surface area contributed by atoms with E-state index < -0.39 is 0 Å². The van der Waals surface area contributed by atoms with Gasteiger partial charge < -0.3 is 20.9 Å². The summed E-state index contributed by atoms with van der Waals surface area (Å²) < 4.78 is 0. The van der Waals surface area contributed by atoms with Crippen LogP contribution in [0, 0.1) is 0 Å². The first-order chi connectivity index (χ1) is 13.1. The summed E-state index contributed by atoms with van der Waals surface area (Å²) in [4.78, 5) is 28.4. The molecular formula is C18H23ClIN7O. The van der Waals surface area contributed by atoms with E-state index in [4.69, 9.17) is 17.3 Å². The molecule has 1 aliphatic rings. The Balaban J connectivity index is 0.00000280. The fourth-order valence-electron chi connectivity index (χ4n) is 2.79. The second-order valence-electron chi connectivity index (χ2n) is 6.04. The van der Waals surface area contributed by atoms with Gasteiger partial charge in [-0.15, -0.1) is 24.0 Å². The van der Waals surface area contributed by atoms with E-state index in [1.54, 1.807) is 0 Å². The second-order valence-corrected chi connectivity index (χ2v) is 6.47. The van der Waals surface area contributed by atoms with E-state index in [1.807, 2.05) is 24.3 Å². The monoisotopic (exact) mass is 515 g/mol. The van der Waals surface area contributed by atoms with Crippen LogP contribution in [0.25, 0.3) is 0 Å². The SMILES string of the molecule is I.NC(=NCCNC(=O)c1cnccn1)N1CCN(c2ccc(Cl)cc2)CC1. The summed E-state index contributed by atoms with van der Waals surface area (Å²) in [6, 6.07) is 7.84. The Bertz CT molecular complexity index is 780. The molecule has 1 aliphatic heterocycles. The number of hydrogen-bond acceptors (Lipinski definition) is 5. The summed E-state index contributed by atoms with van der Waals surface area (Å²) in [7, 11) is 0. The van der Waals surface area contributed by atoms with Crippen molar-refractivity contribution in [3.8, 4) is 0 Å². The number of halogens is 2. The summed E-state index contributed by atoms with van der Waals surface area (Å²) in [5.74, 6) is 0.230. The van der Waals surface area contributed by atoms with Crippen molar-refractivity contribution in [2.75, 3.05) is 44.2 Å².